The summed E-state index contributed by atoms with van der Waals surface area (Å²) in [6.45, 7) is 0. The van der Waals surface area contributed by atoms with Crippen LogP contribution in [0.25, 0.3) is 0 Å². The van der Waals surface area contributed by atoms with Gasteiger partial charge in [0, 0.05) is 16.2 Å². The highest BCUT2D eigenvalue weighted by Gasteiger charge is 2.73. The lowest BCUT2D eigenvalue weighted by Gasteiger charge is -2.74. The average molecular weight is 526 g/mol. The first-order valence-corrected chi connectivity index (χ1v) is 14.6. The normalized spacial score (nSPS) is 28.8. The van der Waals surface area contributed by atoms with Crippen molar-refractivity contribution in [1.29, 1.82) is 0 Å². The number of hydrogen-bond donors (Lipinski definition) is 0. The fourth-order valence-corrected chi connectivity index (χ4v) is 9.22. The highest BCUT2D eigenvalue weighted by molar-refractivity contribution is 6.40. The Balaban J connectivity index is 0.000000804. The predicted molar refractivity (Wildman–Crippen MR) is 157 cm³/mol. The van der Waals surface area contributed by atoms with Crippen molar-refractivity contribution in [1.82, 2.24) is 0 Å². The van der Waals surface area contributed by atoms with E-state index in [0.717, 1.165) is 11.8 Å². The molecule has 0 saturated heterocycles. The summed E-state index contributed by atoms with van der Waals surface area (Å²) >= 11 is 9.53. The second kappa shape index (κ2) is 9.97. The molecule has 0 radical (unpaired) electrons. The van der Waals surface area contributed by atoms with Crippen LogP contribution in [0.5, 0.6) is 0 Å². The van der Waals surface area contributed by atoms with Gasteiger partial charge in [-0.1, -0.05) is 121 Å². The van der Waals surface area contributed by atoms with Crippen molar-refractivity contribution in [3.63, 3.8) is 0 Å². The molecule has 0 aromatic heterocycles. The second-order valence-corrected chi connectivity index (χ2v) is 12.1. The van der Waals surface area contributed by atoms with Crippen molar-refractivity contribution < 1.29 is 0 Å². The molecule has 4 bridgehead atoms. The first kappa shape index (κ1) is 24.8. The zero-order valence-electron chi connectivity index (χ0n) is 21.2. The minimum atomic E-state index is -0.112. The lowest BCUT2D eigenvalue weighted by Crippen LogP contribution is -2.72. The average Bonchev–Trinajstić information content (AvgIpc) is 2.95. The summed E-state index contributed by atoms with van der Waals surface area (Å²) in [4.78, 5) is 0. The van der Waals surface area contributed by atoms with Crippen LogP contribution in [-0.2, 0) is 16.2 Å². The molecule has 0 N–H and O–H groups in total. The Morgan fingerprint density at radius 1 is 0.459 bits per heavy atom. The molecule has 188 valence electrons. The Bertz CT molecular complexity index is 1190. The van der Waals surface area contributed by atoms with Gasteiger partial charge >= 0.3 is 0 Å². The predicted octanol–water partition coefficient (Wildman–Crippen LogP) is 9.49. The highest BCUT2D eigenvalue weighted by atomic mass is 35.5. The Kier molecular flexibility index (Phi) is 6.68. The molecule has 4 fully saturated rings. The molecule has 0 amide bonds. The van der Waals surface area contributed by atoms with Crippen LogP contribution >= 0.6 is 23.2 Å². The van der Waals surface area contributed by atoms with Gasteiger partial charge in [-0.2, -0.15) is 0 Å². The largest absolute Gasteiger partial charge is 0.109 e. The van der Waals surface area contributed by atoms with Crippen LogP contribution in [0.2, 0.25) is 0 Å². The maximum atomic E-state index is 4.76. The van der Waals surface area contributed by atoms with Gasteiger partial charge in [0.2, 0.25) is 0 Å². The van der Waals surface area contributed by atoms with Gasteiger partial charge in [0.25, 0.3) is 0 Å². The number of benzene rings is 4. The van der Waals surface area contributed by atoms with Gasteiger partial charge in [0.15, 0.2) is 0 Å². The summed E-state index contributed by atoms with van der Waals surface area (Å²) in [5, 5.41) is 0.194. The van der Waals surface area contributed by atoms with Gasteiger partial charge in [-0.25, -0.2) is 0 Å². The summed E-state index contributed by atoms with van der Waals surface area (Å²) in [5.41, 5.74) is 6.11. The van der Waals surface area contributed by atoms with Crippen LogP contribution in [0, 0.1) is 11.8 Å². The number of rotatable bonds is 4. The molecule has 0 heterocycles. The van der Waals surface area contributed by atoms with Crippen molar-refractivity contribution in [2.24, 2.45) is 11.8 Å². The van der Waals surface area contributed by atoms with E-state index in [4.69, 9.17) is 23.2 Å². The monoisotopic (exact) mass is 524 g/mol. The zero-order valence-corrected chi connectivity index (χ0v) is 22.7. The minimum absolute atomic E-state index is 0.0802. The first-order chi connectivity index (χ1) is 18.2. The van der Waals surface area contributed by atoms with E-state index < -0.39 is 0 Å². The molecular formula is C35H34Cl2. The van der Waals surface area contributed by atoms with E-state index in [1.165, 1.54) is 54.4 Å². The summed E-state index contributed by atoms with van der Waals surface area (Å²) < 4.78 is 0. The van der Waals surface area contributed by atoms with E-state index in [0.29, 0.717) is 0 Å². The Labute approximate surface area is 231 Å². The SMILES string of the molecule is ClCCl.c1ccc(C23CC4CC(C2)CC(c2ccccc2)(C4)C3(c2ccccc2)c2ccccc2)cc1. The Morgan fingerprint density at radius 3 is 1.03 bits per heavy atom. The van der Waals surface area contributed by atoms with E-state index in [-0.39, 0.29) is 21.6 Å². The molecule has 0 unspecified atom stereocenters. The molecule has 4 aliphatic carbocycles. The van der Waals surface area contributed by atoms with E-state index in [2.05, 4.69) is 121 Å². The van der Waals surface area contributed by atoms with Crippen LogP contribution in [0.1, 0.15) is 54.4 Å². The standard InChI is InChI=1S/C34H32.CH2Cl2/c1-5-13-28(14-6-1)32-22-26-21-27(23-32)25-33(24-26,29-15-7-2-8-16-29)34(32,30-17-9-3-10-18-30)31-19-11-4-12-20-31;2-1-3/h1-20,26-27H,21-25H2;1H2. The number of alkyl halides is 2. The fraction of sp³-hybridized carbons (Fsp3) is 0.314. The Morgan fingerprint density at radius 2 is 0.730 bits per heavy atom. The smallest absolute Gasteiger partial charge is 0.0967 e. The maximum Gasteiger partial charge on any atom is 0.0967 e. The van der Waals surface area contributed by atoms with Crippen LogP contribution < -0.4 is 0 Å². The van der Waals surface area contributed by atoms with Crippen LogP contribution in [-0.4, -0.2) is 5.34 Å². The van der Waals surface area contributed by atoms with E-state index in [1.807, 2.05) is 0 Å². The van der Waals surface area contributed by atoms with Crippen LogP contribution in [0.15, 0.2) is 121 Å². The lowest BCUT2D eigenvalue weighted by atomic mass is 9.29. The van der Waals surface area contributed by atoms with Gasteiger partial charge < -0.3 is 0 Å². The Hall–Kier alpha value is -2.54. The van der Waals surface area contributed by atoms with Crippen LogP contribution in [0.3, 0.4) is 0 Å². The molecule has 0 aliphatic heterocycles. The fourth-order valence-electron chi connectivity index (χ4n) is 9.22. The molecule has 4 aliphatic rings. The third-order valence-electron chi connectivity index (χ3n) is 9.72. The van der Waals surface area contributed by atoms with Crippen molar-refractivity contribution in [3.8, 4) is 0 Å². The van der Waals surface area contributed by atoms with Crippen LogP contribution in [0.4, 0.5) is 0 Å². The van der Waals surface area contributed by atoms with E-state index >= 15 is 0 Å². The van der Waals surface area contributed by atoms with Gasteiger partial charge in [-0.3, -0.25) is 0 Å². The minimum Gasteiger partial charge on any atom is -0.109 e. The van der Waals surface area contributed by atoms with E-state index in [1.54, 1.807) is 0 Å². The summed E-state index contributed by atoms with van der Waals surface area (Å²) in [6, 6.07) is 46.4. The van der Waals surface area contributed by atoms with Gasteiger partial charge in [0.1, 0.15) is 0 Å². The topological polar surface area (TPSA) is 0 Å². The molecule has 0 atom stereocenters. The molecule has 8 rings (SSSR count). The second-order valence-electron chi connectivity index (χ2n) is 11.3. The first-order valence-electron chi connectivity index (χ1n) is 13.5. The van der Waals surface area contributed by atoms with Gasteiger partial charge in [0.05, 0.1) is 5.34 Å². The lowest BCUT2D eigenvalue weighted by molar-refractivity contribution is -0.0904. The number of halogens is 2. The molecule has 4 aromatic rings. The van der Waals surface area contributed by atoms with Crippen molar-refractivity contribution >= 4 is 23.2 Å². The highest BCUT2D eigenvalue weighted by Crippen LogP contribution is 2.76. The molecule has 0 nitrogen and oxygen atoms in total. The third kappa shape index (κ3) is 3.63. The molecule has 4 saturated carbocycles. The van der Waals surface area contributed by atoms with Crippen molar-refractivity contribution in [2.75, 3.05) is 5.34 Å². The summed E-state index contributed by atoms with van der Waals surface area (Å²) in [7, 11) is 0. The van der Waals surface area contributed by atoms with Gasteiger partial charge in [-0.05, 0) is 66.2 Å². The maximum absolute atomic E-state index is 4.76. The molecular weight excluding hydrogens is 491 g/mol. The van der Waals surface area contributed by atoms with Crippen molar-refractivity contribution in [2.45, 2.75) is 48.3 Å². The van der Waals surface area contributed by atoms with Gasteiger partial charge in [-0.15, -0.1) is 23.2 Å². The summed E-state index contributed by atoms with van der Waals surface area (Å²) in [5.74, 6) is 1.57. The molecule has 37 heavy (non-hydrogen) atoms. The van der Waals surface area contributed by atoms with E-state index in [9.17, 15) is 0 Å². The molecule has 2 heteroatoms. The zero-order chi connectivity index (χ0) is 25.3. The third-order valence-corrected chi connectivity index (χ3v) is 9.72. The molecule has 4 aromatic carbocycles. The summed E-state index contributed by atoms with van der Waals surface area (Å²) in [6.07, 6.45) is 6.54. The molecule has 0 spiro atoms. The quantitative estimate of drug-likeness (QED) is 0.233. The number of hydrogen-bond acceptors (Lipinski definition) is 0. The van der Waals surface area contributed by atoms with Crippen molar-refractivity contribution in [3.05, 3.63) is 144 Å².